The van der Waals surface area contributed by atoms with Crippen LogP contribution in [0, 0.1) is 5.92 Å². The van der Waals surface area contributed by atoms with Crippen molar-refractivity contribution in [2.75, 3.05) is 0 Å². The van der Waals surface area contributed by atoms with E-state index in [1.54, 1.807) is 0 Å². The molecule has 0 fully saturated rings. The topological polar surface area (TPSA) is 71.7 Å². The summed E-state index contributed by atoms with van der Waals surface area (Å²) in [4.78, 5) is 11.8. The molecule has 1 atom stereocenters. The van der Waals surface area contributed by atoms with Gasteiger partial charge in [-0.1, -0.05) is 74.5 Å². The predicted octanol–water partition coefficient (Wildman–Crippen LogP) is 6.19. The van der Waals surface area contributed by atoms with Gasteiger partial charge in [0.25, 0.3) is 0 Å². The van der Waals surface area contributed by atoms with Crippen molar-refractivity contribution in [2.45, 2.75) is 39.3 Å². The third kappa shape index (κ3) is 5.03. The van der Waals surface area contributed by atoms with Crippen molar-refractivity contribution in [3.63, 3.8) is 0 Å². The maximum absolute atomic E-state index is 11.8. The van der Waals surface area contributed by atoms with E-state index in [0.29, 0.717) is 23.6 Å². The van der Waals surface area contributed by atoms with Gasteiger partial charge >= 0.3 is 5.97 Å². The van der Waals surface area contributed by atoms with E-state index in [9.17, 15) is 15.0 Å². The second-order valence-corrected chi connectivity index (χ2v) is 8.75. The zero-order valence-electron chi connectivity index (χ0n) is 18.9. The van der Waals surface area contributed by atoms with E-state index < -0.39 is 5.97 Å². The first kappa shape index (κ1) is 22.5. The van der Waals surface area contributed by atoms with E-state index in [1.807, 2.05) is 83.4 Å². The van der Waals surface area contributed by atoms with Crippen LogP contribution in [0.4, 0.5) is 0 Å². The Kier molecular flexibility index (Phi) is 6.68. The van der Waals surface area contributed by atoms with Crippen molar-refractivity contribution in [3.8, 4) is 11.6 Å². The van der Waals surface area contributed by atoms with Crippen molar-refractivity contribution >= 4 is 16.7 Å². The van der Waals surface area contributed by atoms with Gasteiger partial charge in [0.05, 0.1) is 12.5 Å². The zero-order valence-corrected chi connectivity index (χ0v) is 18.9. The highest BCUT2D eigenvalue weighted by atomic mass is 16.5. The van der Waals surface area contributed by atoms with Gasteiger partial charge < -0.3 is 19.5 Å². The molecule has 0 amide bonds. The molecule has 3 aromatic carbocycles. The number of hydrogen-bond donors (Lipinski definition) is 2. The summed E-state index contributed by atoms with van der Waals surface area (Å²) in [5.41, 5.74) is 2.56. The van der Waals surface area contributed by atoms with E-state index in [1.165, 1.54) is 0 Å². The van der Waals surface area contributed by atoms with Crippen molar-refractivity contribution in [1.29, 1.82) is 0 Å². The molecule has 1 unspecified atom stereocenters. The molecule has 5 heteroatoms. The standard InChI is InChI=1S/C28H29NO4/c1-19(2)15-25(21-9-5-3-6-10-21)29-26(17-27(30)31)23-14-13-20(16-24(23)28(29)32)18-33-22-11-7-4-8-12-22/h3-14,16,19,25,32H,15,17-18H2,1-2H3,(H,30,31). The molecule has 1 aromatic heterocycles. The zero-order chi connectivity index (χ0) is 23.4. The summed E-state index contributed by atoms with van der Waals surface area (Å²) in [5.74, 6) is 0.292. The van der Waals surface area contributed by atoms with Gasteiger partial charge in [-0.25, -0.2) is 0 Å². The molecule has 0 bridgehead atoms. The summed E-state index contributed by atoms with van der Waals surface area (Å²) in [6, 6.07) is 25.1. The minimum absolute atomic E-state index is 0.0947. The van der Waals surface area contributed by atoms with Crippen molar-refractivity contribution in [3.05, 3.63) is 95.7 Å². The van der Waals surface area contributed by atoms with Gasteiger partial charge in [-0.3, -0.25) is 4.79 Å². The Labute approximate surface area is 193 Å². The van der Waals surface area contributed by atoms with Gasteiger partial charge in [-0.2, -0.15) is 0 Å². The van der Waals surface area contributed by atoms with Crippen LogP contribution in [0.15, 0.2) is 78.9 Å². The first-order valence-electron chi connectivity index (χ1n) is 11.2. The number of rotatable bonds is 9. The normalized spacial score (nSPS) is 12.2. The Balaban J connectivity index is 1.80. The van der Waals surface area contributed by atoms with Crippen LogP contribution in [0.3, 0.4) is 0 Å². The molecule has 170 valence electrons. The Morgan fingerprint density at radius 2 is 1.61 bits per heavy atom. The minimum atomic E-state index is -0.927. The number of fused-ring (bicyclic) bond motifs is 1. The molecule has 4 aromatic rings. The average molecular weight is 444 g/mol. The summed E-state index contributed by atoms with van der Waals surface area (Å²) in [7, 11) is 0. The maximum Gasteiger partial charge on any atom is 0.309 e. The number of carboxylic acid groups (broad SMARTS) is 1. The van der Waals surface area contributed by atoms with Crippen molar-refractivity contribution in [2.24, 2.45) is 5.92 Å². The molecule has 5 nitrogen and oxygen atoms in total. The number of ether oxygens (including phenoxy) is 1. The maximum atomic E-state index is 11.8. The van der Waals surface area contributed by atoms with Crippen LogP contribution < -0.4 is 4.74 Å². The summed E-state index contributed by atoms with van der Waals surface area (Å²) in [6.45, 7) is 4.62. The molecule has 0 aliphatic heterocycles. The molecule has 0 saturated heterocycles. The van der Waals surface area contributed by atoms with Gasteiger partial charge in [0.15, 0.2) is 5.88 Å². The summed E-state index contributed by atoms with van der Waals surface area (Å²) >= 11 is 0. The minimum Gasteiger partial charge on any atom is -0.494 e. The van der Waals surface area contributed by atoms with E-state index in [0.717, 1.165) is 28.7 Å². The highest BCUT2D eigenvalue weighted by Crippen LogP contribution is 2.39. The Hall–Kier alpha value is -3.73. The summed E-state index contributed by atoms with van der Waals surface area (Å²) < 4.78 is 7.68. The van der Waals surface area contributed by atoms with Gasteiger partial charge in [-0.15, -0.1) is 0 Å². The Morgan fingerprint density at radius 3 is 2.24 bits per heavy atom. The molecule has 33 heavy (non-hydrogen) atoms. The molecule has 0 radical (unpaired) electrons. The Morgan fingerprint density at radius 1 is 0.939 bits per heavy atom. The molecule has 0 saturated carbocycles. The highest BCUT2D eigenvalue weighted by Gasteiger charge is 2.26. The second kappa shape index (κ2) is 9.82. The number of para-hydroxylation sites is 1. The molecule has 2 N–H and O–H groups in total. The number of carbonyl (C=O) groups is 1. The number of hydrogen-bond acceptors (Lipinski definition) is 3. The van der Waals surface area contributed by atoms with E-state index >= 15 is 0 Å². The van der Waals surface area contributed by atoms with Crippen LogP contribution in [0.1, 0.15) is 43.1 Å². The van der Waals surface area contributed by atoms with Crippen molar-refractivity contribution in [1.82, 2.24) is 4.57 Å². The quantitative estimate of drug-likeness (QED) is 0.324. The molecule has 0 aliphatic rings. The van der Waals surface area contributed by atoms with Gasteiger partial charge in [-0.05, 0) is 41.7 Å². The number of aliphatic carboxylic acids is 1. The smallest absolute Gasteiger partial charge is 0.309 e. The van der Waals surface area contributed by atoms with E-state index in [2.05, 4.69) is 13.8 Å². The van der Waals surface area contributed by atoms with Crippen molar-refractivity contribution < 1.29 is 19.7 Å². The number of nitrogens with zero attached hydrogens (tertiary/aromatic N) is 1. The number of benzene rings is 3. The SMILES string of the molecule is CC(C)CC(c1ccccc1)n1c(O)c2cc(COc3ccccc3)ccc2c1CC(=O)O. The van der Waals surface area contributed by atoms with Gasteiger partial charge in [0.1, 0.15) is 12.4 Å². The number of aromatic hydroxyl groups is 1. The van der Waals surface area contributed by atoms with Crippen LogP contribution in [-0.4, -0.2) is 20.7 Å². The third-order valence-electron chi connectivity index (χ3n) is 5.81. The number of aromatic nitrogens is 1. The molecular weight excluding hydrogens is 414 g/mol. The lowest BCUT2D eigenvalue weighted by Gasteiger charge is -2.24. The first-order chi connectivity index (χ1) is 15.9. The first-order valence-corrected chi connectivity index (χ1v) is 11.2. The van der Waals surface area contributed by atoms with Crippen LogP contribution in [0.25, 0.3) is 10.8 Å². The largest absolute Gasteiger partial charge is 0.494 e. The highest BCUT2D eigenvalue weighted by molar-refractivity contribution is 5.93. The molecule has 4 rings (SSSR count). The van der Waals surface area contributed by atoms with Gasteiger partial charge in [0, 0.05) is 16.5 Å². The van der Waals surface area contributed by atoms with Crippen LogP contribution >= 0.6 is 0 Å². The second-order valence-electron chi connectivity index (χ2n) is 8.75. The summed E-state index contributed by atoms with van der Waals surface area (Å²) in [5, 5.41) is 22.4. The monoisotopic (exact) mass is 443 g/mol. The van der Waals surface area contributed by atoms with Crippen LogP contribution in [-0.2, 0) is 17.8 Å². The lowest BCUT2D eigenvalue weighted by atomic mass is 9.96. The fourth-order valence-corrected chi connectivity index (χ4v) is 4.36. The third-order valence-corrected chi connectivity index (χ3v) is 5.81. The van der Waals surface area contributed by atoms with E-state index in [4.69, 9.17) is 4.74 Å². The Bertz CT molecular complexity index is 1230. The predicted molar refractivity (Wildman–Crippen MR) is 130 cm³/mol. The van der Waals surface area contributed by atoms with Crippen LogP contribution in [0.5, 0.6) is 11.6 Å². The lowest BCUT2D eigenvalue weighted by Crippen LogP contribution is -2.17. The van der Waals surface area contributed by atoms with Gasteiger partial charge in [0.2, 0.25) is 0 Å². The van der Waals surface area contributed by atoms with E-state index in [-0.39, 0.29) is 18.3 Å². The molecule has 1 heterocycles. The number of carboxylic acids is 1. The fourth-order valence-electron chi connectivity index (χ4n) is 4.36. The molecular formula is C28H29NO4. The lowest BCUT2D eigenvalue weighted by molar-refractivity contribution is -0.136. The average Bonchev–Trinajstić information content (AvgIpc) is 3.07. The fraction of sp³-hybridized carbons (Fsp3) is 0.250. The van der Waals surface area contributed by atoms with Crippen LogP contribution in [0.2, 0.25) is 0 Å². The molecule has 0 spiro atoms. The molecule has 0 aliphatic carbocycles. The summed E-state index contributed by atoms with van der Waals surface area (Å²) in [6.07, 6.45) is 0.605.